The van der Waals surface area contributed by atoms with Gasteiger partial charge in [-0.1, -0.05) is 13.8 Å². The lowest BCUT2D eigenvalue weighted by Crippen LogP contribution is -2.49. The third kappa shape index (κ3) is 3.49. The van der Waals surface area contributed by atoms with E-state index in [1.165, 1.54) is 11.1 Å². The van der Waals surface area contributed by atoms with Gasteiger partial charge in [-0.25, -0.2) is 4.98 Å². The summed E-state index contributed by atoms with van der Waals surface area (Å²) < 4.78 is 5.77. The smallest absolute Gasteiger partial charge is 0.131 e. The molecule has 0 saturated carbocycles. The molecular weight excluding hydrogens is 250 g/mol. The molecule has 4 nitrogen and oxygen atoms in total. The van der Waals surface area contributed by atoms with Gasteiger partial charge in [-0.05, 0) is 44.0 Å². The number of anilines is 1. The van der Waals surface area contributed by atoms with Crippen molar-refractivity contribution in [3.05, 3.63) is 23.4 Å². The van der Waals surface area contributed by atoms with E-state index in [0.29, 0.717) is 6.04 Å². The molecule has 1 aromatic heterocycles. The molecule has 0 amide bonds. The zero-order valence-corrected chi connectivity index (χ0v) is 13.1. The number of nitrogens with one attached hydrogen (secondary N) is 1. The number of hydrogen-bond donors (Lipinski definition) is 1. The van der Waals surface area contributed by atoms with Crippen LogP contribution in [0.25, 0.3) is 0 Å². The average Bonchev–Trinajstić information content (AvgIpc) is 2.45. The standard InChI is InChI=1S/C16H27N3O/c1-5-15-11-20-13(4)10-19(15)16-12(3)7-14(9-18-16)8-17-6-2/h7,9,13,15,17H,5-6,8,10-11H2,1-4H3. The van der Waals surface area contributed by atoms with Crippen LogP contribution in [0, 0.1) is 6.92 Å². The summed E-state index contributed by atoms with van der Waals surface area (Å²) in [5.74, 6) is 1.12. The van der Waals surface area contributed by atoms with Crippen LogP contribution < -0.4 is 10.2 Å². The topological polar surface area (TPSA) is 37.4 Å². The lowest BCUT2D eigenvalue weighted by atomic mass is 10.1. The van der Waals surface area contributed by atoms with Crippen LogP contribution in [0.3, 0.4) is 0 Å². The van der Waals surface area contributed by atoms with Gasteiger partial charge < -0.3 is 15.0 Å². The summed E-state index contributed by atoms with van der Waals surface area (Å²) in [6.45, 7) is 12.2. The molecule has 1 aliphatic heterocycles. The van der Waals surface area contributed by atoms with Gasteiger partial charge in [0.05, 0.1) is 18.8 Å². The van der Waals surface area contributed by atoms with Crippen LogP contribution in [0.5, 0.6) is 0 Å². The van der Waals surface area contributed by atoms with Crippen LogP contribution >= 0.6 is 0 Å². The molecule has 0 bridgehead atoms. The van der Waals surface area contributed by atoms with Gasteiger partial charge in [0.2, 0.25) is 0 Å². The third-order valence-corrected chi connectivity index (χ3v) is 3.90. The minimum absolute atomic E-state index is 0.278. The molecule has 2 heterocycles. The van der Waals surface area contributed by atoms with Gasteiger partial charge in [0.25, 0.3) is 0 Å². The Morgan fingerprint density at radius 1 is 1.45 bits per heavy atom. The maximum absolute atomic E-state index is 5.77. The molecule has 0 spiro atoms. The summed E-state index contributed by atoms with van der Waals surface area (Å²) in [4.78, 5) is 7.14. The quantitative estimate of drug-likeness (QED) is 0.897. The van der Waals surface area contributed by atoms with E-state index in [9.17, 15) is 0 Å². The maximum Gasteiger partial charge on any atom is 0.131 e. The summed E-state index contributed by atoms with van der Waals surface area (Å²) in [6, 6.07) is 2.69. The highest BCUT2D eigenvalue weighted by molar-refractivity contribution is 5.49. The highest BCUT2D eigenvalue weighted by Gasteiger charge is 2.27. The number of morpholine rings is 1. The van der Waals surface area contributed by atoms with Gasteiger partial charge in [-0.15, -0.1) is 0 Å². The van der Waals surface area contributed by atoms with Crippen molar-refractivity contribution in [2.75, 3.05) is 24.6 Å². The zero-order chi connectivity index (χ0) is 14.5. The van der Waals surface area contributed by atoms with Crippen LogP contribution in [0.4, 0.5) is 5.82 Å². The lowest BCUT2D eigenvalue weighted by Gasteiger charge is -2.39. The van der Waals surface area contributed by atoms with Gasteiger partial charge >= 0.3 is 0 Å². The van der Waals surface area contributed by atoms with E-state index in [0.717, 1.165) is 38.5 Å². The molecule has 1 aliphatic rings. The molecule has 2 atom stereocenters. The maximum atomic E-state index is 5.77. The van der Waals surface area contributed by atoms with Crippen molar-refractivity contribution in [1.82, 2.24) is 10.3 Å². The Kier molecular flexibility index (Phi) is 5.38. The molecule has 20 heavy (non-hydrogen) atoms. The Bertz CT molecular complexity index is 436. The fraction of sp³-hybridized carbons (Fsp3) is 0.688. The monoisotopic (exact) mass is 277 g/mol. The molecule has 0 aliphatic carbocycles. The lowest BCUT2D eigenvalue weighted by molar-refractivity contribution is 0.0296. The normalized spacial score (nSPS) is 23.1. The minimum Gasteiger partial charge on any atom is -0.375 e. The van der Waals surface area contributed by atoms with Crippen molar-refractivity contribution < 1.29 is 4.74 Å². The third-order valence-electron chi connectivity index (χ3n) is 3.90. The van der Waals surface area contributed by atoms with Gasteiger partial charge in [0.1, 0.15) is 5.82 Å². The summed E-state index contributed by atoms with van der Waals surface area (Å²) in [5.41, 5.74) is 2.51. The molecule has 1 N–H and O–H groups in total. The van der Waals surface area contributed by atoms with E-state index in [4.69, 9.17) is 9.72 Å². The fourth-order valence-corrected chi connectivity index (χ4v) is 2.73. The molecule has 2 rings (SSSR count). The first kappa shape index (κ1) is 15.3. The highest BCUT2D eigenvalue weighted by atomic mass is 16.5. The van der Waals surface area contributed by atoms with Crippen LogP contribution in [0.2, 0.25) is 0 Å². The van der Waals surface area contributed by atoms with E-state index in [1.54, 1.807) is 0 Å². The van der Waals surface area contributed by atoms with Crippen molar-refractivity contribution in [2.24, 2.45) is 0 Å². The van der Waals surface area contributed by atoms with E-state index in [1.807, 2.05) is 6.20 Å². The van der Waals surface area contributed by atoms with Crippen LogP contribution in [-0.4, -0.2) is 36.8 Å². The van der Waals surface area contributed by atoms with E-state index in [2.05, 4.69) is 44.0 Å². The van der Waals surface area contributed by atoms with Crippen molar-refractivity contribution in [3.63, 3.8) is 0 Å². The molecule has 112 valence electrons. The summed E-state index contributed by atoms with van der Waals surface area (Å²) in [6.07, 6.45) is 3.37. The molecule has 4 heteroatoms. The van der Waals surface area contributed by atoms with Gasteiger partial charge in [0, 0.05) is 19.3 Å². The van der Waals surface area contributed by atoms with E-state index >= 15 is 0 Å². The molecule has 2 unspecified atom stereocenters. The fourth-order valence-electron chi connectivity index (χ4n) is 2.73. The largest absolute Gasteiger partial charge is 0.375 e. The average molecular weight is 277 g/mol. The number of rotatable bonds is 5. The van der Waals surface area contributed by atoms with E-state index < -0.39 is 0 Å². The Balaban J connectivity index is 2.17. The predicted molar refractivity (Wildman–Crippen MR) is 83.2 cm³/mol. The second kappa shape index (κ2) is 7.04. The molecular formula is C16H27N3O. The number of hydrogen-bond acceptors (Lipinski definition) is 4. The highest BCUT2D eigenvalue weighted by Crippen LogP contribution is 2.25. The van der Waals surface area contributed by atoms with Crippen molar-refractivity contribution >= 4 is 5.82 Å². The Morgan fingerprint density at radius 2 is 2.25 bits per heavy atom. The number of aryl methyl sites for hydroxylation is 1. The van der Waals surface area contributed by atoms with Crippen molar-refractivity contribution in [1.29, 1.82) is 0 Å². The summed E-state index contributed by atoms with van der Waals surface area (Å²) in [7, 11) is 0. The summed E-state index contributed by atoms with van der Waals surface area (Å²) in [5, 5.41) is 3.34. The summed E-state index contributed by atoms with van der Waals surface area (Å²) >= 11 is 0. The predicted octanol–water partition coefficient (Wildman–Crippen LogP) is 2.50. The molecule has 0 aromatic carbocycles. The molecule has 1 fully saturated rings. The Labute approximate surface area is 122 Å². The number of pyridine rings is 1. The zero-order valence-electron chi connectivity index (χ0n) is 13.1. The molecule has 1 aromatic rings. The molecule has 0 radical (unpaired) electrons. The second-order valence-corrected chi connectivity index (χ2v) is 5.62. The minimum atomic E-state index is 0.278. The number of aromatic nitrogens is 1. The van der Waals surface area contributed by atoms with Crippen molar-refractivity contribution in [3.8, 4) is 0 Å². The van der Waals surface area contributed by atoms with E-state index in [-0.39, 0.29) is 6.10 Å². The first-order valence-corrected chi connectivity index (χ1v) is 7.70. The Morgan fingerprint density at radius 3 is 2.90 bits per heavy atom. The number of ether oxygens (including phenoxy) is 1. The van der Waals surface area contributed by atoms with Gasteiger partial charge in [0.15, 0.2) is 0 Å². The SMILES string of the molecule is CCNCc1cnc(N2CC(C)OCC2CC)c(C)c1. The molecule has 1 saturated heterocycles. The Hall–Kier alpha value is -1.13. The number of nitrogens with zero attached hydrogens (tertiary/aromatic N) is 2. The van der Waals surface area contributed by atoms with Crippen LogP contribution in [-0.2, 0) is 11.3 Å². The van der Waals surface area contributed by atoms with Gasteiger partial charge in [-0.2, -0.15) is 0 Å². The first-order chi connectivity index (χ1) is 9.65. The van der Waals surface area contributed by atoms with Crippen LogP contribution in [0.15, 0.2) is 12.3 Å². The first-order valence-electron chi connectivity index (χ1n) is 7.70. The van der Waals surface area contributed by atoms with Gasteiger partial charge in [-0.3, -0.25) is 0 Å². The van der Waals surface area contributed by atoms with Crippen LogP contribution in [0.1, 0.15) is 38.3 Å². The second-order valence-electron chi connectivity index (χ2n) is 5.62. The van der Waals surface area contributed by atoms with Crippen molar-refractivity contribution in [2.45, 2.75) is 52.8 Å².